The summed E-state index contributed by atoms with van der Waals surface area (Å²) in [6, 6.07) is 0.200. The molecule has 0 aliphatic carbocycles. The zero-order valence-electron chi connectivity index (χ0n) is 10.7. The third kappa shape index (κ3) is 9.57. The molecule has 0 aromatic carbocycles. The van der Waals surface area contributed by atoms with E-state index in [-0.39, 0.29) is 12.1 Å². The van der Waals surface area contributed by atoms with E-state index in [9.17, 15) is 4.79 Å². The van der Waals surface area contributed by atoms with Crippen LogP contribution in [-0.4, -0.2) is 17.7 Å². The predicted octanol–water partition coefficient (Wildman–Crippen LogP) is 3.48. The molecule has 0 rings (SSSR count). The average Bonchev–Trinajstić information content (AvgIpc) is 2.00. The number of alkyl carbamates (subject to hydrolysis) is 1. The van der Waals surface area contributed by atoms with Crippen LogP contribution in [0.4, 0.5) is 4.79 Å². The third-order valence-corrected chi connectivity index (χ3v) is 2.00. The van der Waals surface area contributed by atoms with Gasteiger partial charge in [-0.3, -0.25) is 0 Å². The largest absolute Gasteiger partial charge is 0.444 e. The SMILES string of the molecule is CCCCC[C@@H](C)NC(=O)OC(C)(C)C. The lowest BCUT2D eigenvalue weighted by Crippen LogP contribution is -2.37. The molecular formula is C12H25NO2. The lowest BCUT2D eigenvalue weighted by molar-refractivity contribution is 0.0506. The maximum absolute atomic E-state index is 11.4. The van der Waals surface area contributed by atoms with Gasteiger partial charge in [-0.2, -0.15) is 0 Å². The van der Waals surface area contributed by atoms with E-state index in [1.807, 2.05) is 27.7 Å². The summed E-state index contributed by atoms with van der Waals surface area (Å²) in [5.41, 5.74) is -0.410. The number of hydrogen-bond acceptors (Lipinski definition) is 2. The van der Waals surface area contributed by atoms with Crippen LogP contribution >= 0.6 is 0 Å². The summed E-state index contributed by atoms with van der Waals surface area (Å²) in [7, 11) is 0. The van der Waals surface area contributed by atoms with E-state index in [2.05, 4.69) is 12.2 Å². The molecule has 0 radical (unpaired) electrons. The number of nitrogens with one attached hydrogen (secondary N) is 1. The number of unbranched alkanes of at least 4 members (excludes halogenated alkanes) is 2. The summed E-state index contributed by atoms with van der Waals surface area (Å²) < 4.78 is 5.16. The van der Waals surface area contributed by atoms with Crippen LogP contribution < -0.4 is 5.32 Å². The molecule has 0 aliphatic rings. The Morgan fingerprint density at radius 2 is 1.93 bits per heavy atom. The van der Waals surface area contributed by atoms with Crippen LogP contribution in [0.3, 0.4) is 0 Å². The monoisotopic (exact) mass is 215 g/mol. The van der Waals surface area contributed by atoms with Crippen molar-refractivity contribution in [1.82, 2.24) is 5.32 Å². The van der Waals surface area contributed by atoms with Gasteiger partial charge in [0.15, 0.2) is 0 Å². The average molecular weight is 215 g/mol. The summed E-state index contributed by atoms with van der Waals surface area (Å²) in [6.45, 7) is 9.79. The first kappa shape index (κ1) is 14.3. The molecule has 0 heterocycles. The smallest absolute Gasteiger partial charge is 0.407 e. The molecular weight excluding hydrogens is 190 g/mol. The first-order valence-electron chi connectivity index (χ1n) is 5.84. The Hall–Kier alpha value is -0.730. The molecule has 1 amide bonds. The molecule has 1 atom stereocenters. The Kier molecular flexibility index (Phi) is 6.37. The van der Waals surface area contributed by atoms with Crippen LogP contribution in [0.5, 0.6) is 0 Å². The van der Waals surface area contributed by atoms with Crippen molar-refractivity contribution in [2.24, 2.45) is 0 Å². The van der Waals surface area contributed by atoms with Crippen LogP contribution in [0.15, 0.2) is 0 Å². The number of carbonyl (C=O) groups is 1. The minimum Gasteiger partial charge on any atom is -0.444 e. The molecule has 0 bridgehead atoms. The summed E-state index contributed by atoms with van der Waals surface area (Å²) >= 11 is 0. The molecule has 15 heavy (non-hydrogen) atoms. The molecule has 0 saturated heterocycles. The second kappa shape index (κ2) is 6.70. The fourth-order valence-corrected chi connectivity index (χ4v) is 1.28. The van der Waals surface area contributed by atoms with E-state index in [1.165, 1.54) is 12.8 Å². The zero-order chi connectivity index (χ0) is 11.9. The Balaban J connectivity index is 3.67. The fourth-order valence-electron chi connectivity index (χ4n) is 1.28. The number of rotatable bonds is 5. The maximum atomic E-state index is 11.4. The Morgan fingerprint density at radius 1 is 1.33 bits per heavy atom. The van der Waals surface area contributed by atoms with Crippen LogP contribution in [0.25, 0.3) is 0 Å². The maximum Gasteiger partial charge on any atom is 0.407 e. The van der Waals surface area contributed by atoms with Crippen molar-refractivity contribution < 1.29 is 9.53 Å². The second-order valence-corrected chi connectivity index (χ2v) is 5.04. The normalized spacial score (nSPS) is 13.4. The van der Waals surface area contributed by atoms with E-state index in [0.717, 1.165) is 12.8 Å². The van der Waals surface area contributed by atoms with Crippen molar-refractivity contribution in [3.63, 3.8) is 0 Å². The van der Waals surface area contributed by atoms with Crippen LogP contribution in [0.2, 0.25) is 0 Å². The van der Waals surface area contributed by atoms with E-state index in [0.29, 0.717) is 0 Å². The first-order chi connectivity index (χ1) is 6.85. The number of ether oxygens (including phenoxy) is 1. The summed E-state index contributed by atoms with van der Waals surface area (Å²) in [5.74, 6) is 0. The van der Waals surface area contributed by atoms with Crippen molar-refractivity contribution in [3.8, 4) is 0 Å². The molecule has 90 valence electrons. The third-order valence-electron chi connectivity index (χ3n) is 2.00. The topological polar surface area (TPSA) is 38.3 Å². The molecule has 0 spiro atoms. The second-order valence-electron chi connectivity index (χ2n) is 5.04. The van der Waals surface area contributed by atoms with Gasteiger partial charge in [0.1, 0.15) is 5.60 Å². The van der Waals surface area contributed by atoms with E-state index in [4.69, 9.17) is 4.74 Å². The molecule has 1 N–H and O–H groups in total. The highest BCUT2D eigenvalue weighted by Gasteiger charge is 2.17. The van der Waals surface area contributed by atoms with Gasteiger partial charge in [0.05, 0.1) is 0 Å². The van der Waals surface area contributed by atoms with Crippen molar-refractivity contribution in [2.45, 2.75) is 71.9 Å². The van der Waals surface area contributed by atoms with Gasteiger partial charge in [-0.05, 0) is 34.1 Å². The first-order valence-corrected chi connectivity index (χ1v) is 5.84. The minimum absolute atomic E-state index is 0.200. The fraction of sp³-hybridized carbons (Fsp3) is 0.917. The summed E-state index contributed by atoms with van der Waals surface area (Å²) in [5, 5.41) is 2.83. The predicted molar refractivity (Wildman–Crippen MR) is 63.0 cm³/mol. The van der Waals surface area contributed by atoms with Crippen LogP contribution in [0.1, 0.15) is 60.3 Å². The van der Waals surface area contributed by atoms with Crippen LogP contribution in [0, 0.1) is 0 Å². The lowest BCUT2D eigenvalue weighted by atomic mass is 10.1. The Labute approximate surface area is 93.6 Å². The van der Waals surface area contributed by atoms with Crippen molar-refractivity contribution in [1.29, 1.82) is 0 Å². The highest BCUT2D eigenvalue weighted by molar-refractivity contribution is 5.67. The van der Waals surface area contributed by atoms with Gasteiger partial charge < -0.3 is 10.1 Å². The van der Waals surface area contributed by atoms with Gasteiger partial charge in [0, 0.05) is 6.04 Å². The molecule has 0 fully saturated rings. The molecule has 0 unspecified atom stereocenters. The van der Waals surface area contributed by atoms with E-state index < -0.39 is 5.60 Å². The van der Waals surface area contributed by atoms with Crippen molar-refractivity contribution in [2.75, 3.05) is 0 Å². The minimum atomic E-state index is -0.410. The Bertz CT molecular complexity index is 185. The molecule has 0 saturated carbocycles. The number of hydrogen-bond donors (Lipinski definition) is 1. The van der Waals surface area contributed by atoms with Gasteiger partial charge in [-0.25, -0.2) is 4.79 Å². The highest BCUT2D eigenvalue weighted by Crippen LogP contribution is 2.08. The van der Waals surface area contributed by atoms with E-state index >= 15 is 0 Å². The summed E-state index contributed by atoms with van der Waals surface area (Å²) in [6.07, 6.45) is 4.30. The van der Waals surface area contributed by atoms with E-state index in [1.54, 1.807) is 0 Å². The number of amides is 1. The van der Waals surface area contributed by atoms with Gasteiger partial charge in [-0.15, -0.1) is 0 Å². The molecule has 0 aromatic heterocycles. The van der Waals surface area contributed by atoms with Gasteiger partial charge in [0.2, 0.25) is 0 Å². The highest BCUT2D eigenvalue weighted by atomic mass is 16.6. The molecule has 0 aliphatic heterocycles. The molecule has 3 nitrogen and oxygen atoms in total. The van der Waals surface area contributed by atoms with Gasteiger partial charge in [-0.1, -0.05) is 26.2 Å². The molecule has 0 aromatic rings. The zero-order valence-corrected chi connectivity index (χ0v) is 10.7. The summed E-state index contributed by atoms with van der Waals surface area (Å²) in [4.78, 5) is 11.4. The quantitative estimate of drug-likeness (QED) is 0.713. The van der Waals surface area contributed by atoms with Crippen LogP contribution in [-0.2, 0) is 4.74 Å². The Morgan fingerprint density at radius 3 is 2.40 bits per heavy atom. The lowest BCUT2D eigenvalue weighted by Gasteiger charge is -2.21. The van der Waals surface area contributed by atoms with Crippen molar-refractivity contribution >= 4 is 6.09 Å². The van der Waals surface area contributed by atoms with Gasteiger partial charge in [0.25, 0.3) is 0 Å². The van der Waals surface area contributed by atoms with Gasteiger partial charge >= 0.3 is 6.09 Å². The number of carbonyl (C=O) groups excluding carboxylic acids is 1. The van der Waals surface area contributed by atoms with Crippen molar-refractivity contribution in [3.05, 3.63) is 0 Å². The molecule has 3 heteroatoms. The standard InChI is InChI=1S/C12H25NO2/c1-6-7-8-9-10(2)13-11(14)15-12(3,4)5/h10H,6-9H2,1-5H3,(H,13,14)/t10-/m1/s1.